The summed E-state index contributed by atoms with van der Waals surface area (Å²) in [7, 11) is 0. The van der Waals surface area contributed by atoms with Crippen LogP contribution in [0.3, 0.4) is 0 Å². The van der Waals surface area contributed by atoms with E-state index in [1.165, 1.54) is 0 Å². The summed E-state index contributed by atoms with van der Waals surface area (Å²) in [5.74, 6) is -1.01. The van der Waals surface area contributed by atoms with Gasteiger partial charge in [-0.1, -0.05) is 39.5 Å². The summed E-state index contributed by atoms with van der Waals surface area (Å²) in [6, 6.07) is 0. The first-order chi connectivity index (χ1) is 14.8. The van der Waals surface area contributed by atoms with Crippen LogP contribution < -0.4 is 22.5 Å². The number of aromatic hydroxyl groups is 2. The zero-order valence-electron chi connectivity index (χ0n) is 17.7. The maximum atomic E-state index is 12.1. The highest BCUT2D eigenvalue weighted by Crippen LogP contribution is 2.15. The molecule has 0 bridgehead atoms. The molecule has 0 fully saturated rings. The molecule has 0 aliphatic rings. The van der Waals surface area contributed by atoms with Crippen molar-refractivity contribution < 1.29 is 10.2 Å². The predicted molar refractivity (Wildman–Crippen MR) is 117 cm³/mol. The average Bonchev–Trinajstić information content (AvgIpc) is 2.71. The molecule has 0 amide bonds. The Hall–Kier alpha value is -3.52. The standard InChI is InChI=1S/C21H28N4O6/c1-3-5-7-12-24-18(28)14(16(26)22-20(24)30)10-9-11-15-17(27)23-21(31)25(19(15)29)13-8-6-4-2/h10-11,28-29H,3-8,12-13H2,1-2H3,(H,22,26,30)(H,23,27,31). The van der Waals surface area contributed by atoms with E-state index in [1.807, 2.05) is 13.8 Å². The summed E-state index contributed by atoms with van der Waals surface area (Å²) in [5, 5.41) is 20.7. The Morgan fingerprint density at radius 3 is 1.48 bits per heavy atom. The Labute approximate surface area is 177 Å². The lowest BCUT2D eigenvalue weighted by atomic mass is 10.2. The Morgan fingerprint density at radius 2 is 1.13 bits per heavy atom. The van der Waals surface area contributed by atoms with E-state index >= 15 is 0 Å². The van der Waals surface area contributed by atoms with E-state index in [0.717, 1.165) is 47.0 Å². The summed E-state index contributed by atoms with van der Waals surface area (Å²) >= 11 is 0. The van der Waals surface area contributed by atoms with Crippen LogP contribution in [0, 0.1) is 0 Å². The molecule has 168 valence electrons. The summed E-state index contributed by atoms with van der Waals surface area (Å²) < 4.78 is 2.12. The number of nitrogens with one attached hydrogen (secondary N) is 2. The topological polar surface area (TPSA) is 150 Å². The Balaban J connectivity index is 2.45. The predicted octanol–water partition coefficient (Wildman–Crippen LogP) is 1.50. The smallest absolute Gasteiger partial charge is 0.331 e. The van der Waals surface area contributed by atoms with Crippen LogP contribution in [0.25, 0.3) is 12.2 Å². The third-order valence-electron chi connectivity index (χ3n) is 4.84. The van der Waals surface area contributed by atoms with E-state index < -0.39 is 34.3 Å². The molecule has 0 radical (unpaired) electrons. The molecule has 0 saturated carbocycles. The van der Waals surface area contributed by atoms with Crippen molar-refractivity contribution in [3.8, 4) is 11.8 Å². The van der Waals surface area contributed by atoms with Crippen molar-refractivity contribution in [1.29, 1.82) is 0 Å². The van der Waals surface area contributed by atoms with E-state index in [9.17, 15) is 29.4 Å². The molecule has 0 atom stereocenters. The molecule has 0 spiro atoms. The molecule has 2 aromatic rings. The number of hydrogen-bond acceptors (Lipinski definition) is 6. The highest BCUT2D eigenvalue weighted by atomic mass is 16.3. The average molecular weight is 432 g/mol. The van der Waals surface area contributed by atoms with Crippen molar-refractivity contribution >= 4 is 12.2 Å². The Morgan fingerprint density at radius 1 is 0.742 bits per heavy atom. The summed E-state index contributed by atoms with van der Waals surface area (Å²) in [5.41, 5.74) is -0.894. The van der Waals surface area contributed by atoms with Gasteiger partial charge in [-0.15, -0.1) is 5.73 Å². The largest absolute Gasteiger partial charge is 0.494 e. The second-order valence-corrected chi connectivity index (χ2v) is 7.17. The second kappa shape index (κ2) is 11.0. The minimum absolute atomic E-state index is 0.209. The quantitative estimate of drug-likeness (QED) is 0.330. The number of nitrogens with zero attached hydrogens (tertiary/aromatic N) is 2. The van der Waals surface area contributed by atoms with Crippen LogP contribution in [0.4, 0.5) is 0 Å². The molecule has 0 aliphatic carbocycles. The van der Waals surface area contributed by atoms with Crippen LogP contribution in [-0.2, 0) is 13.1 Å². The fraction of sp³-hybridized carbons (Fsp3) is 0.476. The molecule has 4 N–H and O–H groups in total. The first-order valence-electron chi connectivity index (χ1n) is 10.4. The third kappa shape index (κ3) is 5.76. The normalized spacial score (nSPS) is 10.6. The number of hydrogen-bond donors (Lipinski definition) is 4. The second-order valence-electron chi connectivity index (χ2n) is 7.17. The van der Waals surface area contributed by atoms with Crippen molar-refractivity contribution in [1.82, 2.24) is 19.1 Å². The van der Waals surface area contributed by atoms with Gasteiger partial charge >= 0.3 is 11.4 Å². The van der Waals surface area contributed by atoms with Crippen LogP contribution in [0.2, 0.25) is 0 Å². The van der Waals surface area contributed by atoms with E-state index in [4.69, 9.17) is 0 Å². The van der Waals surface area contributed by atoms with Gasteiger partial charge in [-0.2, -0.15) is 0 Å². The van der Waals surface area contributed by atoms with Gasteiger partial charge in [0.2, 0.25) is 11.8 Å². The van der Waals surface area contributed by atoms with Crippen molar-refractivity contribution in [2.24, 2.45) is 0 Å². The van der Waals surface area contributed by atoms with Crippen LogP contribution in [-0.4, -0.2) is 29.3 Å². The zero-order chi connectivity index (χ0) is 23.0. The molecule has 2 aromatic heterocycles. The molecule has 2 heterocycles. The van der Waals surface area contributed by atoms with Crippen LogP contribution in [0.15, 0.2) is 24.9 Å². The SMILES string of the molecule is CCCCCn1c(O)c(C=C=Cc2c(O)n(CCCCC)c(=O)[nH]c2=O)c(=O)[nH]c1=O. The number of aromatic nitrogens is 4. The molecule has 2 rings (SSSR count). The molecular formula is C21H28N4O6. The van der Waals surface area contributed by atoms with Crippen molar-refractivity contribution in [2.45, 2.75) is 65.5 Å². The Bertz CT molecular complexity index is 1120. The molecule has 31 heavy (non-hydrogen) atoms. The van der Waals surface area contributed by atoms with Crippen molar-refractivity contribution in [3.05, 3.63) is 58.5 Å². The number of H-pyrrole nitrogens is 2. The van der Waals surface area contributed by atoms with Crippen LogP contribution in [0.1, 0.15) is 63.5 Å². The van der Waals surface area contributed by atoms with Gasteiger partial charge in [-0.05, 0) is 25.0 Å². The molecule has 0 aromatic carbocycles. The number of unbranched alkanes of at least 4 members (excludes halogenated alkanes) is 4. The van der Waals surface area contributed by atoms with Crippen LogP contribution >= 0.6 is 0 Å². The summed E-state index contributed by atoms with van der Waals surface area (Å²) in [6.07, 6.45) is 7.07. The minimum atomic E-state index is -0.808. The van der Waals surface area contributed by atoms with E-state index in [-0.39, 0.29) is 24.2 Å². The van der Waals surface area contributed by atoms with Gasteiger partial charge in [0.05, 0.1) is 0 Å². The van der Waals surface area contributed by atoms with E-state index in [2.05, 4.69) is 15.7 Å². The lowest BCUT2D eigenvalue weighted by Gasteiger charge is -2.09. The highest BCUT2D eigenvalue weighted by molar-refractivity contribution is 5.61. The molecule has 10 nitrogen and oxygen atoms in total. The molecule has 0 aliphatic heterocycles. The molecule has 10 heteroatoms. The maximum absolute atomic E-state index is 12.1. The van der Waals surface area contributed by atoms with Crippen LogP contribution in [0.5, 0.6) is 11.8 Å². The van der Waals surface area contributed by atoms with Gasteiger partial charge in [0.15, 0.2) is 0 Å². The van der Waals surface area contributed by atoms with Gasteiger partial charge in [0, 0.05) is 13.1 Å². The van der Waals surface area contributed by atoms with Gasteiger partial charge in [0.25, 0.3) is 11.1 Å². The third-order valence-corrected chi connectivity index (χ3v) is 4.84. The van der Waals surface area contributed by atoms with Crippen molar-refractivity contribution in [2.75, 3.05) is 0 Å². The molecule has 0 saturated heterocycles. The van der Waals surface area contributed by atoms with E-state index in [1.54, 1.807) is 0 Å². The van der Waals surface area contributed by atoms with Gasteiger partial charge in [0.1, 0.15) is 11.1 Å². The first kappa shape index (κ1) is 23.8. The van der Waals surface area contributed by atoms with Crippen molar-refractivity contribution in [3.63, 3.8) is 0 Å². The summed E-state index contributed by atoms with van der Waals surface area (Å²) in [4.78, 5) is 52.4. The zero-order valence-corrected chi connectivity index (χ0v) is 17.7. The van der Waals surface area contributed by atoms with Gasteiger partial charge < -0.3 is 10.2 Å². The van der Waals surface area contributed by atoms with Gasteiger partial charge in [-0.25, -0.2) is 9.59 Å². The fourth-order valence-electron chi connectivity index (χ4n) is 3.07. The maximum Gasteiger partial charge on any atom is 0.331 e. The number of rotatable bonds is 10. The monoisotopic (exact) mass is 432 g/mol. The summed E-state index contributed by atoms with van der Waals surface area (Å²) in [6.45, 7) is 4.48. The molecular weight excluding hydrogens is 404 g/mol. The molecule has 0 unspecified atom stereocenters. The van der Waals surface area contributed by atoms with Gasteiger partial charge in [-0.3, -0.25) is 28.7 Å². The first-order valence-corrected chi connectivity index (χ1v) is 10.4. The lowest BCUT2D eigenvalue weighted by Crippen LogP contribution is -2.31. The van der Waals surface area contributed by atoms with E-state index in [0.29, 0.717) is 12.8 Å². The lowest BCUT2D eigenvalue weighted by molar-refractivity contribution is 0.392. The number of aromatic amines is 2. The minimum Gasteiger partial charge on any atom is -0.494 e. The highest BCUT2D eigenvalue weighted by Gasteiger charge is 2.13. The fourth-order valence-corrected chi connectivity index (χ4v) is 3.07. The Kier molecular flexibility index (Phi) is 8.45.